The monoisotopic (exact) mass is 267 g/mol. The van der Waals surface area contributed by atoms with E-state index in [1.807, 2.05) is 18.2 Å². The first-order valence-corrected chi connectivity index (χ1v) is 6.68. The van der Waals surface area contributed by atoms with Crippen molar-refractivity contribution < 1.29 is 9.53 Å². The first kappa shape index (κ1) is 13.2. The minimum absolute atomic E-state index is 0.212. The molecular formula is C14H18ClNO2. The Morgan fingerprint density at radius 2 is 2.28 bits per heavy atom. The third kappa shape index (κ3) is 3.64. The number of aryl methyl sites for hydroxylation is 1. The van der Waals surface area contributed by atoms with Crippen molar-refractivity contribution in [1.82, 2.24) is 5.32 Å². The zero-order chi connectivity index (χ0) is 13.0. The second-order valence-corrected chi connectivity index (χ2v) is 5.04. The molecule has 4 heteroatoms. The molecule has 1 saturated carbocycles. The summed E-state index contributed by atoms with van der Waals surface area (Å²) in [4.78, 5) is 11.4. The van der Waals surface area contributed by atoms with Crippen molar-refractivity contribution >= 4 is 17.5 Å². The van der Waals surface area contributed by atoms with Crippen LogP contribution in [0, 0.1) is 5.92 Å². The first-order chi connectivity index (χ1) is 8.70. The minimum Gasteiger partial charge on any atom is -0.495 e. The second kappa shape index (κ2) is 6.10. The van der Waals surface area contributed by atoms with E-state index in [2.05, 4.69) is 5.32 Å². The highest BCUT2D eigenvalue weighted by atomic mass is 35.5. The van der Waals surface area contributed by atoms with Gasteiger partial charge in [-0.2, -0.15) is 0 Å². The molecule has 1 aromatic carbocycles. The second-order valence-electron chi connectivity index (χ2n) is 4.64. The highest BCUT2D eigenvalue weighted by Crippen LogP contribution is 2.28. The largest absolute Gasteiger partial charge is 0.495 e. The fourth-order valence-electron chi connectivity index (χ4n) is 1.85. The van der Waals surface area contributed by atoms with Gasteiger partial charge in [0.05, 0.1) is 12.1 Å². The predicted octanol–water partition coefficient (Wildman–Crippen LogP) is 2.81. The number of hydrogen-bond donors (Lipinski definition) is 1. The summed E-state index contributed by atoms with van der Waals surface area (Å²) in [5, 5.41) is 3.59. The Labute approximate surface area is 112 Å². The number of benzene rings is 1. The number of methoxy groups -OCH3 is 1. The molecule has 0 aromatic heterocycles. The fraction of sp³-hybridized carbons (Fsp3) is 0.500. The van der Waals surface area contributed by atoms with Gasteiger partial charge >= 0.3 is 0 Å². The molecule has 0 radical (unpaired) electrons. The molecule has 0 atom stereocenters. The molecule has 1 aliphatic carbocycles. The summed E-state index contributed by atoms with van der Waals surface area (Å²) in [5.41, 5.74) is 1.18. The van der Waals surface area contributed by atoms with Crippen LogP contribution in [0.2, 0.25) is 5.02 Å². The van der Waals surface area contributed by atoms with E-state index < -0.39 is 0 Å². The molecule has 18 heavy (non-hydrogen) atoms. The molecular weight excluding hydrogens is 250 g/mol. The summed E-state index contributed by atoms with van der Waals surface area (Å²) in [6.45, 7) is 0.736. The summed E-state index contributed by atoms with van der Waals surface area (Å²) in [5.74, 6) is 1.21. The molecule has 0 spiro atoms. The maximum atomic E-state index is 11.4. The molecule has 3 nitrogen and oxygen atoms in total. The zero-order valence-electron chi connectivity index (χ0n) is 10.5. The predicted molar refractivity (Wildman–Crippen MR) is 72.1 cm³/mol. The van der Waals surface area contributed by atoms with Crippen LogP contribution >= 0.6 is 11.6 Å². The molecule has 0 aliphatic heterocycles. The lowest BCUT2D eigenvalue weighted by molar-refractivity contribution is -0.122. The van der Waals surface area contributed by atoms with Gasteiger partial charge in [0, 0.05) is 12.5 Å². The summed E-state index contributed by atoms with van der Waals surface area (Å²) in [6, 6.07) is 5.79. The van der Waals surface area contributed by atoms with Crippen molar-refractivity contribution in [1.29, 1.82) is 0 Å². The molecule has 1 N–H and O–H groups in total. The molecule has 1 aromatic rings. The van der Waals surface area contributed by atoms with Gasteiger partial charge in [-0.05, 0) is 43.4 Å². The minimum atomic E-state index is 0.212. The van der Waals surface area contributed by atoms with E-state index in [-0.39, 0.29) is 5.91 Å². The van der Waals surface area contributed by atoms with Gasteiger partial charge in [0.25, 0.3) is 0 Å². The SMILES string of the molecule is COc1cc(CCCNC(=O)C2CC2)ccc1Cl. The van der Waals surface area contributed by atoms with Crippen molar-refractivity contribution in [3.05, 3.63) is 28.8 Å². The zero-order valence-corrected chi connectivity index (χ0v) is 11.3. The van der Waals surface area contributed by atoms with Crippen molar-refractivity contribution in [2.75, 3.05) is 13.7 Å². The molecule has 0 saturated heterocycles. The van der Waals surface area contributed by atoms with Crippen LogP contribution in [0.25, 0.3) is 0 Å². The van der Waals surface area contributed by atoms with Gasteiger partial charge in [-0.3, -0.25) is 4.79 Å². The summed E-state index contributed by atoms with van der Waals surface area (Å²) in [6.07, 6.45) is 3.96. The number of rotatable bonds is 6. The van der Waals surface area contributed by atoms with Gasteiger partial charge in [0.2, 0.25) is 5.91 Å². The average molecular weight is 268 g/mol. The van der Waals surface area contributed by atoms with E-state index in [1.54, 1.807) is 7.11 Å². The topological polar surface area (TPSA) is 38.3 Å². The van der Waals surface area contributed by atoms with Crippen molar-refractivity contribution in [3.63, 3.8) is 0 Å². The highest BCUT2D eigenvalue weighted by Gasteiger charge is 2.28. The Morgan fingerprint density at radius 3 is 2.94 bits per heavy atom. The van der Waals surface area contributed by atoms with Crippen molar-refractivity contribution in [2.24, 2.45) is 5.92 Å². The van der Waals surface area contributed by atoms with Crippen molar-refractivity contribution in [3.8, 4) is 5.75 Å². The van der Waals surface area contributed by atoms with Gasteiger partial charge in [0.15, 0.2) is 0 Å². The molecule has 1 aliphatic rings. The average Bonchev–Trinajstić information content (AvgIpc) is 3.20. The third-order valence-electron chi connectivity index (χ3n) is 3.11. The maximum absolute atomic E-state index is 11.4. The number of halogens is 1. The Kier molecular flexibility index (Phi) is 4.48. The molecule has 1 amide bonds. The van der Waals surface area contributed by atoms with Gasteiger partial charge in [-0.15, -0.1) is 0 Å². The van der Waals surface area contributed by atoms with E-state index in [1.165, 1.54) is 5.56 Å². The lowest BCUT2D eigenvalue weighted by Gasteiger charge is -2.07. The Balaban J connectivity index is 1.74. The van der Waals surface area contributed by atoms with Crippen molar-refractivity contribution in [2.45, 2.75) is 25.7 Å². The lowest BCUT2D eigenvalue weighted by atomic mass is 10.1. The highest BCUT2D eigenvalue weighted by molar-refractivity contribution is 6.32. The van der Waals surface area contributed by atoms with Crippen LogP contribution in [-0.2, 0) is 11.2 Å². The summed E-state index contributed by atoms with van der Waals surface area (Å²) >= 11 is 5.96. The van der Waals surface area contributed by atoms with E-state index in [0.717, 1.165) is 32.2 Å². The normalized spacial score (nSPS) is 14.3. The molecule has 98 valence electrons. The number of carbonyl (C=O) groups excluding carboxylic acids is 1. The number of amides is 1. The maximum Gasteiger partial charge on any atom is 0.223 e. The number of carbonyl (C=O) groups is 1. The van der Waals surface area contributed by atoms with E-state index >= 15 is 0 Å². The smallest absolute Gasteiger partial charge is 0.223 e. The van der Waals surface area contributed by atoms with Crippen LogP contribution in [-0.4, -0.2) is 19.6 Å². The fourth-order valence-corrected chi connectivity index (χ4v) is 2.05. The first-order valence-electron chi connectivity index (χ1n) is 6.31. The van der Waals surface area contributed by atoms with Crippen LogP contribution < -0.4 is 10.1 Å². The van der Waals surface area contributed by atoms with Crippen LogP contribution in [0.4, 0.5) is 0 Å². The lowest BCUT2D eigenvalue weighted by Crippen LogP contribution is -2.26. The van der Waals surface area contributed by atoms with E-state index in [0.29, 0.717) is 16.7 Å². The van der Waals surface area contributed by atoms with Gasteiger partial charge in [-0.1, -0.05) is 17.7 Å². The summed E-state index contributed by atoms with van der Waals surface area (Å²) < 4.78 is 5.17. The molecule has 0 unspecified atom stereocenters. The number of ether oxygens (including phenoxy) is 1. The number of nitrogens with one attached hydrogen (secondary N) is 1. The summed E-state index contributed by atoms with van der Waals surface area (Å²) in [7, 11) is 1.61. The Morgan fingerprint density at radius 1 is 1.50 bits per heavy atom. The molecule has 2 rings (SSSR count). The van der Waals surface area contributed by atoms with Crippen LogP contribution in [0.1, 0.15) is 24.8 Å². The number of hydrogen-bond acceptors (Lipinski definition) is 2. The van der Waals surface area contributed by atoms with E-state index in [9.17, 15) is 4.79 Å². The molecule has 1 fully saturated rings. The molecule has 0 bridgehead atoms. The Bertz CT molecular complexity index is 430. The Hall–Kier alpha value is -1.22. The van der Waals surface area contributed by atoms with Crippen LogP contribution in [0.5, 0.6) is 5.75 Å². The van der Waals surface area contributed by atoms with Gasteiger partial charge in [-0.25, -0.2) is 0 Å². The third-order valence-corrected chi connectivity index (χ3v) is 3.42. The molecule has 0 heterocycles. The van der Waals surface area contributed by atoms with Gasteiger partial charge in [0.1, 0.15) is 5.75 Å². The van der Waals surface area contributed by atoms with E-state index in [4.69, 9.17) is 16.3 Å². The quantitative estimate of drug-likeness (QED) is 0.805. The van der Waals surface area contributed by atoms with Crippen LogP contribution in [0.3, 0.4) is 0 Å². The van der Waals surface area contributed by atoms with Crippen LogP contribution in [0.15, 0.2) is 18.2 Å². The standard InChI is InChI=1S/C14H18ClNO2/c1-18-13-9-10(4-7-12(13)15)3-2-8-16-14(17)11-5-6-11/h4,7,9,11H,2-3,5-6,8H2,1H3,(H,16,17). The van der Waals surface area contributed by atoms with Gasteiger partial charge < -0.3 is 10.1 Å².